The van der Waals surface area contributed by atoms with E-state index < -0.39 is 5.79 Å². The molecule has 0 aromatic rings. The molecule has 1 rings (SSSR count). The standard InChI is InChI=1S/C11H20O5/c1-4-14-10(13)6-8-5-9(7-12)16-11(2,3)15-8/h8-9,12H,4-7H2,1-3H3/t8-,9+/m1/s1. The molecule has 0 radical (unpaired) electrons. The molecule has 1 saturated heterocycles. The zero-order valence-corrected chi connectivity index (χ0v) is 10.1. The first kappa shape index (κ1) is 13.4. The second-order valence-corrected chi connectivity index (χ2v) is 4.31. The normalized spacial score (nSPS) is 28.8. The quantitative estimate of drug-likeness (QED) is 0.728. The molecule has 0 unspecified atom stereocenters. The number of carbonyl (C=O) groups excluding carboxylic acids is 1. The van der Waals surface area contributed by atoms with Crippen LogP contribution in [0.5, 0.6) is 0 Å². The van der Waals surface area contributed by atoms with Crippen LogP contribution in [0.3, 0.4) is 0 Å². The van der Waals surface area contributed by atoms with Gasteiger partial charge in [-0.2, -0.15) is 0 Å². The van der Waals surface area contributed by atoms with Crippen molar-refractivity contribution in [1.82, 2.24) is 0 Å². The first-order valence-corrected chi connectivity index (χ1v) is 5.59. The maximum absolute atomic E-state index is 11.3. The summed E-state index contributed by atoms with van der Waals surface area (Å²) in [6.07, 6.45) is 0.193. The maximum atomic E-state index is 11.3. The highest BCUT2D eigenvalue weighted by Crippen LogP contribution is 2.28. The Morgan fingerprint density at radius 2 is 2.06 bits per heavy atom. The van der Waals surface area contributed by atoms with E-state index in [-0.39, 0.29) is 31.2 Å². The van der Waals surface area contributed by atoms with Gasteiger partial charge < -0.3 is 19.3 Å². The molecule has 0 aromatic carbocycles. The van der Waals surface area contributed by atoms with Crippen molar-refractivity contribution in [1.29, 1.82) is 0 Å². The van der Waals surface area contributed by atoms with Crippen LogP contribution in [0.15, 0.2) is 0 Å². The summed E-state index contributed by atoms with van der Waals surface area (Å²) >= 11 is 0. The van der Waals surface area contributed by atoms with Crippen molar-refractivity contribution < 1.29 is 24.1 Å². The van der Waals surface area contributed by atoms with Gasteiger partial charge in [-0.05, 0) is 20.8 Å². The zero-order valence-electron chi connectivity index (χ0n) is 10.1. The van der Waals surface area contributed by atoms with Gasteiger partial charge in [0.25, 0.3) is 0 Å². The number of rotatable bonds is 4. The maximum Gasteiger partial charge on any atom is 0.308 e. The van der Waals surface area contributed by atoms with Gasteiger partial charge in [0, 0.05) is 6.42 Å². The highest BCUT2D eigenvalue weighted by Gasteiger charge is 2.36. The van der Waals surface area contributed by atoms with Crippen LogP contribution in [0, 0.1) is 0 Å². The average Bonchev–Trinajstić information content (AvgIpc) is 2.15. The van der Waals surface area contributed by atoms with Crippen LogP contribution >= 0.6 is 0 Å². The highest BCUT2D eigenvalue weighted by atomic mass is 16.7. The van der Waals surface area contributed by atoms with Crippen LogP contribution in [-0.4, -0.2) is 42.3 Å². The molecule has 5 heteroatoms. The minimum absolute atomic E-state index is 0.0634. The summed E-state index contributed by atoms with van der Waals surface area (Å²) in [5.74, 6) is -1.04. The number of aliphatic hydroxyl groups excluding tert-OH is 1. The largest absolute Gasteiger partial charge is 0.466 e. The van der Waals surface area contributed by atoms with Gasteiger partial charge in [-0.1, -0.05) is 0 Å². The summed E-state index contributed by atoms with van der Waals surface area (Å²) in [6, 6.07) is 0. The first-order chi connectivity index (χ1) is 7.46. The summed E-state index contributed by atoms with van der Waals surface area (Å²) in [4.78, 5) is 11.3. The fourth-order valence-corrected chi connectivity index (χ4v) is 1.86. The first-order valence-electron chi connectivity index (χ1n) is 5.59. The van der Waals surface area contributed by atoms with E-state index >= 15 is 0 Å². The van der Waals surface area contributed by atoms with Gasteiger partial charge in [0.1, 0.15) is 0 Å². The van der Waals surface area contributed by atoms with Gasteiger partial charge in [0.15, 0.2) is 5.79 Å². The predicted molar refractivity (Wildman–Crippen MR) is 56.8 cm³/mol. The van der Waals surface area contributed by atoms with Crippen LogP contribution < -0.4 is 0 Å². The van der Waals surface area contributed by atoms with Crippen molar-refractivity contribution in [3.8, 4) is 0 Å². The molecule has 16 heavy (non-hydrogen) atoms. The van der Waals surface area contributed by atoms with E-state index in [0.29, 0.717) is 13.0 Å². The van der Waals surface area contributed by atoms with Crippen molar-refractivity contribution in [3.63, 3.8) is 0 Å². The molecule has 1 aliphatic heterocycles. The second kappa shape index (κ2) is 5.61. The van der Waals surface area contributed by atoms with E-state index in [9.17, 15) is 4.79 Å². The van der Waals surface area contributed by atoms with Crippen molar-refractivity contribution in [3.05, 3.63) is 0 Å². The SMILES string of the molecule is CCOC(=O)C[C@H]1C[C@@H](CO)OC(C)(C)O1. The topological polar surface area (TPSA) is 65.0 Å². The molecule has 2 atom stereocenters. The Labute approximate surface area is 95.7 Å². The molecule has 0 saturated carbocycles. The number of esters is 1. The predicted octanol–water partition coefficient (Wildman–Crippen LogP) is 0.842. The molecule has 94 valence electrons. The lowest BCUT2D eigenvalue weighted by Crippen LogP contribution is -2.46. The Hall–Kier alpha value is -0.650. The lowest BCUT2D eigenvalue weighted by atomic mass is 10.1. The molecule has 0 aromatic heterocycles. The zero-order chi connectivity index (χ0) is 12.2. The monoisotopic (exact) mass is 232 g/mol. The third-order valence-electron chi connectivity index (χ3n) is 2.33. The lowest BCUT2D eigenvalue weighted by Gasteiger charge is -2.39. The number of hydrogen-bond acceptors (Lipinski definition) is 5. The van der Waals surface area contributed by atoms with Gasteiger partial charge in [-0.3, -0.25) is 4.79 Å². The Morgan fingerprint density at radius 1 is 1.44 bits per heavy atom. The summed E-state index contributed by atoms with van der Waals surface area (Å²) in [5, 5.41) is 9.08. The fourth-order valence-electron chi connectivity index (χ4n) is 1.86. The lowest BCUT2D eigenvalue weighted by molar-refractivity contribution is -0.303. The van der Waals surface area contributed by atoms with E-state index in [0.717, 1.165) is 0 Å². The third-order valence-corrected chi connectivity index (χ3v) is 2.33. The van der Waals surface area contributed by atoms with Gasteiger partial charge in [-0.15, -0.1) is 0 Å². The molecule has 1 heterocycles. The summed E-state index contributed by atoms with van der Waals surface area (Å²) < 4.78 is 15.9. The Balaban J connectivity index is 2.50. The highest BCUT2D eigenvalue weighted by molar-refractivity contribution is 5.69. The molecule has 1 fully saturated rings. The Kier molecular flexibility index (Phi) is 4.70. The van der Waals surface area contributed by atoms with E-state index in [1.165, 1.54) is 0 Å². The molecule has 1 N–H and O–H groups in total. The van der Waals surface area contributed by atoms with Gasteiger partial charge in [-0.25, -0.2) is 0 Å². The average molecular weight is 232 g/mol. The second-order valence-electron chi connectivity index (χ2n) is 4.31. The van der Waals surface area contributed by atoms with E-state index in [1.54, 1.807) is 20.8 Å². The van der Waals surface area contributed by atoms with E-state index in [4.69, 9.17) is 19.3 Å². The van der Waals surface area contributed by atoms with Crippen molar-refractivity contribution in [2.45, 2.75) is 51.6 Å². The summed E-state index contributed by atoms with van der Waals surface area (Å²) in [7, 11) is 0. The third kappa shape index (κ3) is 4.08. The van der Waals surface area contributed by atoms with Gasteiger partial charge >= 0.3 is 5.97 Å². The molecular formula is C11H20O5. The minimum atomic E-state index is -0.761. The fraction of sp³-hybridized carbons (Fsp3) is 0.909. The number of ether oxygens (including phenoxy) is 3. The van der Waals surface area contributed by atoms with E-state index in [2.05, 4.69) is 0 Å². The molecule has 0 amide bonds. The molecule has 0 bridgehead atoms. The van der Waals surface area contributed by atoms with Gasteiger partial charge in [0.05, 0.1) is 31.8 Å². The molecule has 1 aliphatic rings. The molecule has 0 aliphatic carbocycles. The Bertz CT molecular complexity index is 239. The van der Waals surface area contributed by atoms with Gasteiger partial charge in [0.2, 0.25) is 0 Å². The summed E-state index contributed by atoms with van der Waals surface area (Å²) in [5.41, 5.74) is 0. The van der Waals surface area contributed by atoms with Crippen LogP contribution in [0.25, 0.3) is 0 Å². The van der Waals surface area contributed by atoms with Crippen LogP contribution in [-0.2, 0) is 19.0 Å². The molecule has 0 spiro atoms. The number of carbonyl (C=O) groups is 1. The summed E-state index contributed by atoms with van der Waals surface area (Å²) in [6.45, 7) is 5.62. The number of aliphatic hydroxyl groups is 1. The van der Waals surface area contributed by atoms with Crippen molar-refractivity contribution in [2.75, 3.05) is 13.2 Å². The van der Waals surface area contributed by atoms with Crippen LogP contribution in [0.4, 0.5) is 0 Å². The number of hydrogen-bond donors (Lipinski definition) is 1. The van der Waals surface area contributed by atoms with Crippen molar-refractivity contribution in [2.24, 2.45) is 0 Å². The smallest absolute Gasteiger partial charge is 0.308 e. The molecular weight excluding hydrogens is 212 g/mol. The van der Waals surface area contributed by atoms with Crippen LogP contribution in [0.2, 0.25) is 0 Å². The van der Waals surface area contributed by atoms with E-state index in [1.807, 2.05) is 0 Å². The molecule has 5 nitrogen and oxygen atoms in total. The minimum Gasteiger partial charge on any atom is -0.466 e. The van der Waals surface area contributed by atoms with Crippen LogP contribution in [0.1, 0.15) is 33.6 Å². The Morgan fingerprint density at radius 3 is 2.62 bits per heavy atom. The van der Waals surface area contributed by atoms with Crippen molar-refractivity contribution >= 4 is 5.97 Å².